The Morgan fingerprint density at radius 2 is 1.83 bits per heavy atom. The molecule has 1 saturated heterocycles. The van der Waals surface area contributed by atoms with E-state index in [9.17, 15) is 13.2 Å². The summed E-state index contributed by atoms with van der Waals surface area (Å²) in [4.78, 5) is 22.0. The van der Waals surface area contributed by atoms with Gasteiger partial charge in [-0.05, 0) is 45.0 Å². The first kappa shape index (κ1) is 20.8. The Labute approximate surface area is 180 Å². The number of aryl methyl sites for hydroxylation is 1. The second-order valence-corrected chi connectivity index (χ2v) is 10.9. The highest BCUT2D eigenvalue weighted by atomic mass is 32.2. The molecule has 2 aromatic heterocycles. The minimum atomic E-state index is -3.25. The van der Waals surface area contributed by atoms with Crippen molar-refractivity contribution in [3.05, 3.63) is 35.7 Å². The predicted octanol–water partition coefficient (Wildman–Crippen LogP) is 2.75. The zero-order valence-electron chi connectivity index (χ0n) is 17.5. The minimum Gasteiger partial charge on any atom is -0.345 e. The number of carbonyl (C=O) groups is 1. The maximum absolute atomic E-state index is 13.0. The number of rotatable bonds is 4. The van der Waals surface area contributed by atoms with Crippen LogP contribution in [0.15, 0.2) is 29.2 Å². The van der Waals surface area contributed by atoms with Crippen molar-refractivity contribution in [1.29, 1.82) is 0 Å². The molecule has 8 nitrogen and oxygen atoms in total. The van der Waals surface area contributed by atoms with E-state index < -0.39 is 9.84 Å². The lowest BCUT2D eigenvalue weighted by molar-refractivity contribution is 0.0732. The smallest absolute Gasteiger partial charge is 0.272 e. The first-order chi connectivity index (χ1) is 14.1. The lowest BCUT2D eigenvalue weighted by Gasteiger charge is -2.34. The quantitative estimate of drug-likeness (QED) is 0.611. The van der Waals surface area contributed by atoms with Crippen LogP contribution in [0.5, 0.6) is 0 Å². The number of hydrogen-bond acceptors (Lipinski definition) is 7. The van der Waals surface area contributed by atoms with Crippen LogP contribution in [0, 0.1) is 6.92 Å². The van der Waals surface area contributed by atoms with E-state index in [1.54, 1.807) is 22.9 Å². The van der Waals surface area contributed by atoms with Gasteiger partial charge in [0.05, 0.1) is 20.8 Å². The van der Waals surface area contributed by atoms with Crippen LogP contribution >= 0.6 is 11.3 Å². The third kappa shape index (κ3) is 3.93. The Hall–Kier alpha value is -2.46. The monoisotopic (exact) mass is 447 g/mol. The predicted molar refractivity (Wildman–Crippen MR) is 118 cm³/mol. The molecule has 4 rings (SSSR count). The lowest BCUT2D eigenvalue weighted by atomic mass is 10.2. The van der Waals surface area contributed by atoms with Gasteiger partial charge in [0, 0.05) is 38.5 Å². The molecular weight excluding hydrogens is 422 g/mol. The number of thiazole rings is 1. The van der Waals surface area contributed by atoms with E-state index in [0.29, 0.717) is 36.8 Å². The Kier molecular flexibility index (Phi) is 5.31. The molecule has 1 amide bonds. The molecule has 1 aliphatic rings. The van der Waals surface area contributed by atoms with Crippen molar-refractivity contribution >= 4 is 42.4 Å². The number of sulfone groups is 1. The van der Waals surface area contributed by atoms with Crippen LogP contribution in [0.4, 0.5) is 5.13 Å². The van der Waals surface area contributed by atoms with E-state index in [0.717, 1.165) is 21.0 Å². The minimum absolute atomic E-state index is 0.00560. The van der Waals surface area contributed by atoms with Gasteiger partial charge in [-0.3, -0.25) is 9.48 Å². The summed E-state index contributed by atoms with van der Waals surface area (Å²) in [5.41, 5.74) is 2.26. The van der Waals surface area contributed by atoms with Crippen LogP contribution in [0.25, 0.3) is 10.2 Å². The Balaban J connectivity index is 1.49. The van der Waals surface area contributed by atoms with Crippen molar-refractivity contribution in [2.24, 2.45) is 0 Å². The second kappa shape index (κ2) is 7.66. The summed E-state index contributed by atoms with van der Waals surface area (Å²) in [6.07, 6.45) is 1.21. The molecule has 1 aromatic carbocycles. The highest BCUT2D eigenvalue weighted by Gasteiger charge is 2.27. The average Bonchev–Trinajstić information content (AvgIpc) is 3.30. The van der Waals surface area contributed by atoms with Gasteiger partial charge in [-0.25, -0.2) is 13.4 Å². The number of hydrogen-bond donors (Lipinski definition) is 0. The van der Waals surface area contributed by atoms with Crippen molar-refractivity contribution in [2.45, 2.75) is 31.7 Å². The normalized spacial score (nSPS) is 15.4. The summed E-state index contributed by atoms with van der Waals surface area (Å²) in [6.45, 7) is 8.50. The zero-order valence-corrected chi connectivity index (χ0v) is 19.1. The summed E-state index contributed by atoms with van der Waals surface area (Å²) in [5, 5.41) is 5.30. The van der Waals surface area contributed by atoms with Crippen molar-refractivity contribution in [2.75, 3.05) is 37.3 Å². The lowest BCUT2D eigenvalue weighted by Crippen LogP contribution is -2.49. The van der Waals surface area contributed by atoms with Crippen molar-refractivity contribution < 1.29 is 13.2 Å². The number of carbonyl (C=O) groups excluding carboxylic acids is 1. The third-order valence-electron chi connectivity index (χ3n) is 5.18. The van der Waals surface area contributed by atoms with Crippen LogP contribution in [-0.4, -0.2) is 66.4 Å². The first-order valence-electron chi connectivity index (χ1n) is 9.84. The van der Waals surface area contributed by atoms with Gasteiger partial charge >= 0.3 is 0 Å². The fourth-order valence-corrected chi connectivity index (χ4v) is 5.37. The number of nitrogens with zero attached hydrogens (tertiary/aromatic N) is 5. The van der Waals surface area contributed by atoms with Gasteiger partial charge in [0.1, 0.15) is 5.69 Å². The molecule has 30 heavy (non-hydrogen) atoms. The van der Waals surface area contributed by atoms with E-state index in [1.807, 2.05) is 31.7 Å². The molecule has 0 saturated carbocycles. The summed E-state index contributed by atoms with van der Waals surface area (Å²) < 4.78 is 26.2. The number of anilines is 1. The van der Waals surface area contributed by atoms with Crippen LogP contribution < -0.4 is 4.90 Å². The van der Waals surface area contributed by atoms with E-state index in [1.165, 1.54) is 17.6 Å². The van der Waals surface area contributed by atoms with Crippen molar-refractivity contribution in [3.63, 3.8) is 0 Å². The molecule has 0 aliphatic carbocycles. The summed E-state index contributed by atoms with van der Waals surface area (Å²) in [6, 6.07) is 7.00. The van der Waals surface area contributed by atoms with E-state index in [4.69, 9.17) is 0 Å². The molecule has 160 valence electrons. The Bertz CT molecular complexity index is 1200. The number of benzene rings is 1. The maximum Gasteiger partial charge on any atom is 0.272 e. The van der Waals surface area contributed by atoms with Gasteiger partial charge in [-0.2, -0.15) is 5.10 Å². The molecule has 3 aromatic rings. The van der Waals surface area contributed by atoms with E-state index in [-0.39, 0.29) is 11.9 Å². The van der Waals surface area contributed by atoms with Crippen LogP contribution in [0.3, 0.4) is 0 Å². The molecule has 10 heteroatoms. The Morgan fingerprint density at radius 1 is 1.13 bits per heavy atom. The van der Waals surface area contributed by atoms with Crippen LogP contribution in [0.1, 0.15) is 36.1 Å². The Morgan fingerprint density at radius 3 is 2.47 bits per heavy atom. The highest BCUT2D eigenvalue weighted by Crippen LogP contribution is 2.31. The molecule has 0 N–H and O–H groups in total. The molecule has 0 spiro atoms. The molecular formula is C20H25N5O3S2. The number of fused-ring (bicyclic) bond motifs is 1. The average molecular weight is 448 g/mol. The zero-order chi connectivity index (χ0) is 21.6. The van der Waals surface area contributed by atoms with Gasteiger partial charge in [0.2, 0.25) is 0 Å². The van der Waals surface area contributed by atoms with Gasteiger partial charge in [-0.1, -0.05) is 11.3 Å². The summed E-state index contributed by atoms with van der Waals surface area (Å²) in [5.74, 6) is 0.00560. The van der Waals surface area contributed by atoms with Gasteiger partial charge in [0.25, 0.3) is 5.91 Å². The largest absolute Gasteiger partial charge is 0.345 e. The van der Waals surface area contributed by atoms with Crippen molar-refractivity contribution in [1.82, 2.24) is 19.7 Å². The van der Waals surface area contributed by atoms with E-state index in [2.05, 4.69) is 15.0 Å². The molecule has 1 aliphatic heterocycles. The molecule has 1 fully saturated rings. The third-order valence-corrected chi connectivity index (χ3v) is 7.37. The molecule has 0 atom stereocenters. The standard InChI is InChI=1S/C20H25N5O3S2/c1-13(2)25-17(11-14(3)22-25)19(26)23-7-9-24(10-8-23)20-21-16-6-5-15(30(4,27)28)12-18(16)29-20/h5-6,11-13H,7-10H2,1-4H3. The van der Waals surface area contributed by atoms with Gasteiger partial charge in [-0.15, -0.1) is 0 Å². The highest BCUT2D eigenvalue weighted by molar-refractivity contribution is 7.90. The van der Waals surface area contributed by atoms with Crippen molar-refractivity contribution in [3.8, 4) is 0 Å². The van der Waals surface area contributed by atoms with Crippen LogP contribution in [-0.2, 0) is 9.84 Å². The summed E-state index contributed by atoms with van der Waals surface area (Å²) in [7, 11) is -3.25. The van der Waals surface area contributed by atoms with Gasteiger partial charge in [0.15, 0.2) is 15.0 Å². The fourth-order valence-electron chi connectivity index (χ4n) is 3.59. The molecule has 3 heterocycles. The number of amides is 1. The number of aromatic nitrogens is 3. The first-order valence-corrected chi connectivity index (χ1v) is 12.6. The molecule has 0 radical (unpaired) electrons. The summed E-state index contributed by atoms with van der Waals surface area (Å²) >= 11 is 1.48. The molecule has 0 unspecified atom stereocenters. The maximum atomic E-state index is 13.0. The van der Waals surface area contributed by atoms with Gasteiger partial charge < -0.3 is 9.80 Å². The second-order valence-electron chi connectivity index (χ2n) is 7.89. The number of piperazine rings is 1. The molecule has 0 bridgehead atoms. The van der Waals surface area contributed by atoms with Crippen LogP contribution in [0.2, 0.25) is 0 Å². The SMILES string of the molecule is Cc1cc(C(=O)N2CCN(c3nc4ccc(S(C)(=O)=O)cc4s3)CC2)n(C(C)C)n1. The topological polar surface area (TPSA) is 88.4 Å². The fraction of sp³-hybridized carbons (Fsp3) is 0.450. The van der Waals surface area contributed by atoms with E-state index >= 15 is 0 Å².